The lowest BCUT2D eigenvalue weighted by Crippen LogP contribution is -2.49. The van der Waals surface area contributed by atoms with Crippen molar-refractivity contribution in [1.29, 1.82) is 0 Å². The Morgan fingerprint density at radius 2 is 1.60 bits per heavy atom. The van der Waals surface area contributed by atoms with Crippen LogP contribution in [0.2, 0.25) is 5.02 Å². The van der Waals surface area contributed by atoms with Crippen molar-refractivity contribution in [3.05, 3.63) is 87.4 Å². The SMILES string of the molecule is Cc1ccc(C)c(NS(=O)(=O)c2cc(C(=O)N3CCN(c4cccc(C)c4C)CC3)ccc2Cl)c1. The molecule has 0 spiro atoms. The van der Waals surface area contributed by atoms with E-state index in [9.17, 15) is 13.2 Å². The number of nitrogens with zero attached hydrogens (tertiary/aromatic N) is 2. The van der Waals surface area contributed by atoms with E-state index in [1.807, 2.05) is 26.0 Å². The number of amides is 1. The predicted octanol–water partition coefficient (Wildman–Crippen LogP) is 5.34. The number of carbonyl (C=O) groups is 1. The van der Waals surface area contributed by atoms with Crippen molar-refractivity contribution in [2.75, 3.05) is 35.8 Å². The van der Waals surface area contributed by atoms with E-state index < -0.39 is 10.0 Å². The summed E-state index contributed by atoms with van der Waals surface area (Å²) in [6.07, 6.45) is 0. The molecule has 1 aliphatic heterocycles. The minimum atomic E-state index is -3.98. The summed E-state index contributed by atoms with van der Waals surface area (Å²) in [6.45, 7) is 10.5. The maximum Gasteiger partial charge on any atom is 0.263 e. The first-order valence-corrected chi connectivity index (χ1v) is 13.4. The molecule has 184 valence electrons. The Morgan fingerprint density at radius 1 is 0.886 bits per heavy atom. The first kappa shape index (κ1) is 25.1. The van der Waals surface area contributed by atoms with Crippen molar-refractivity contribution in [3.8, 4) is 0 Å². The summed E-state index contributed by atoms with van der Waals surface area (Å²) in [6, 6.07) is 16.2. The molecule has 35 heavy (non-hydrogen) atoms. The summed E-state index contributed by atoms with van der Waals surface area (Å²) in [5.41, 5.74) is 6.19. The molecule has 0 unspecified atom stereocenters. The normalized spacial score (nSPS) is 14.2. The van der Waals surface area contributed by atoms with Crippen molar-refractivity contribution < 1.29 is 13.2 Å². The average molecular weight is 512 g/mol. The first-order chi connectivity index (χ1) is 16.6. The van der Waals surface area contributed by atoms with Gasteiger partial charge in [-0.15, -0.1) is 0 Å². The fraction of sp³-hybridized carbons (Fsp3) is 0.296. The van der Waals surface area contributed by atoms with Gasteiger partial charge in [-0.1, -0.05) is 35.9 Å². The van der Waals surface area contributed by atoms with Crippen molar-refractivity contribution >= 4 is 38.9 Å². The molecule has 4 rings (SSSR count). The molecule has 0 radical (unpaired) electrons. The number of carbonyl (C=O) groups excluding carboxylic acids is 1. The second-order valence-corrected chi connectivity index (χ2v) is 11.1. The van der Waals surface area contributed by atoms with Gasteiger partial charge in [-0.3, -0.25) is 9.52 Å². The van der Waals surface area contributed by atoms with Crippen LogP contribution >= 0.6 is 11.6 Å². The van der Waals surface area contributed by atoms with E-state index in [2.05, 4.69) is 41.7 Å². The van der Waals surface area contributed by atoms with E-state index >= 15 is 0 Å². The molecule has 1 N–H and O–H groups in total. The van der Waals surface area contributed by atoms with Crippen molar-refractivity contribution in [3.63, 3.8) is 0 Å². The van der Waals surface area contributed by atoms with E-state index in [0.717, 1.165) is 11.1 Å². The molecule has 0 aliphatic carbocycles. The third kappa shape index (κ3) is 5.31. The van der Waals surface area contributed by atoms with Gasteiger partial charge in [-0.2, -0.15) is 0 Å². The molecule has 1 saturated heterocycles. The summed E-state index contributed by atoms with van der Waals surface area (Å²) >= 11 is 6.27. The maximum atomic E-state index is 13.3. The van der Waals surface area contributed by atoms with Crippen molar-refractivity contribution in [2.24, 2.45) is 0 Å². The van der Waals surface area contributed by atoms with Crippen LogP contribution in [0.15, 0.2) is 59.5 Å². The Labute approximate surface area is 212 Å². The van der Waals surface area contributed by atoms with Gasteiger partial charge in [0.05, 0.1) is 10.7 Å². The molecule has 0 atom stereocenters. The molecule has 0 aromatic heterocycles. The molecule has 8 heteroatoms. The van der Waals surface area contributed by atoms with Crippen LogP contribution in [0.1, 0.15) is 32.6 Å². The number of benzene rings is 3. The maximum absolute atomic E-state index is 13.3. The third-order valence-corrected chi connectivity index (χ3v) is 8.44. The topological polar surface area (TPSA) is 69.7 Å². The molecule has 3 aromatic rings. The minimum absolute atomic E-state index is 0.0686. The zero-order valence-electron chi connectivity index (χ0n) is 20.4. The van der Waals surface area contributed by atoms with Crippen LogP contribution in [0.5, 0.6) is 0 Å². The van der Waals surface area contributed by atoms with Crippen LogP contribution in [0.4, 0.5) is 11.4 Å². The molecule has 3 aromatic carbocycles. The molecular weight excluding hydrogens is 482 g/mol. The number of nitrogens with one attached hydrogen (secondary N) is 1. The number of aryl methyl sites for hydroxylation is 3. The third-order valence-electron chi connectivity index (χ3n) is 6.59. The monoisotopic (exact) mass is 511 g/mol. The minimum Gasteiger partial charge on any atom is -0.368 e. The first-order valence-electron chi connectivity index (χ1n) is 11.6. The van der Waals surface area contributed by atoms with E-state index in [1.165, 1.54) is 28.9 Å². The Balaban J connectivity index is 1.52. The molecular formula is C27H30ClN3O3S. The lowest BCUT2D eigenvalue weighted by Gasteiger charge is -2.37. The standard InChI is InChI=1S/C27H30ClN3O3S/c1-18-8-9-20(3)24(16-18)29-35(33,34)26-17-22(10-11-23(26)28)27(32)31-14-12-30(13-15-31)25-7-5-6-19(2)21(25)4/h5-11,16-17,29H,12-15H2,1-4H3. The summed E-state index contributed by atoms with van der Waals surface area (Å²) in [5, 5.41) is 0.0686. The quantitative estimate of drug-likeness (QED) is 0.502. The zero-order valence-corrected chi connectivity index (χ0v) is 22.0. The summed E-state index contributed by atoms with van der Waals surface area (Å²) < 4.78 is 29.0. The highest BCUT2D eigenvalue weighted by Crippen LogP contribution is 2.28. The van der Waals surface area contributed by atoms with Crippen LogP contribution in [0.3, 0.4) is 0 Å². The Hall–Kier alpha value is -3.03. The highest BCUT2D eigenvalue weighted by atomic mass is 35.5. The number of hydrogen-bond acceptors (Lipinski definition) is 4. The fourth-order valence-corrected chi connectivity index (χ4v) is 5.95. The molecule has 0 bridgehead atoms. The lowest BCUT2D eigenvalue weighted by molar-refractivity contribution is 0.0746. The van der Waals surface area contributed by atoms with Crippen LogP contribution in [-0.4, -0.2) is 45.4 Å². The molecule has 6 nitrogen and oxygen atoms in total. The zero-order chi connectivity index (χ0) is 25.3. The average Bonchev–Trinajstić information content (AvgIpc) is 2.83. The molecule has 1 aliphatic rings. The van der Waals surface area contributed by atoms with Gasteiger partial charge >= 0.3 is 0 Å². The van der Waals surface area contributed by atoms with E-state index in [0.29, 0.717) is 37.4 Å². The lowest BCUT2D eigenvalue weighted by atomic mass is 10.1. The van der Waals surface area contributed by atoms with Crippen molar-refractivity contribution in [1.82, 2.24) is 4.90 Å². The number of hydrogen-bond donors (Lipinski definition) is 1. The predicted molar refractivity (Wildman–Crippen MR) is 142 cm³/mol. The van der Waals surface area contributed by atoms with Gasteiger partial charge in [0, 0.05) is 37.4 Å². The number of anilines is 2. The van der Waals surface area contributed by atoms with Crippen molar-refractivity contribution in [2.45, 2.75) is 32.6 Å². The van der Waals surface area contributed by atoms with Gasteiger partial charge in [0.2, 0.25) is 0 Å². The molecule has 1 amide bonds. The van der Waals surface area contributed by atoms with Gasteiger partial charge in [-0.25, -0.2) is 8.42 Å². The second-order valence-electron chi connectivity index (χ2n) is 9.07. The Kier molecular flexibility index (Phi) is 7.10. The molecule has 0 saturated carbocycles. The van der Waals surface area contributed by atoms with E-state index in [1.54, 1.807) is 17.0 Å². The Bertz CT molecular complexity index is 1380. The van der Waals surface area contributed by atoms with Crippen LogP contribution in [0.25, 0.3) is 0 Å². The number of sulfonamides is 1. The number of rotatable bonds is 5. The highest BCUT2D eigenvalue weighted by molar-refractivity contribution is 7.92. The fourth-order valence-electron chi connectivity index (χ4n) is 4.30. The number of halogens is 1. The van der Waals surface area contributed by atoms with Crippen LogP contribution < -0.4 is 9.62 Å². The second kappa shape index (κ2) is 9.91. The summed E-state index contributed by atoms with van der Waals surface area (Å²) in [7, 11) is -3.98. The summed E-state index contributed by atoms with van der Waals surface area (Å²) in [5.74, 6) is -0.203. The molecule has 1 fully saturated rings. The van der Waals surface area contributed by atoms with Gasteiger partial charge in [0.25, 0.3) is 15.9 Å². The Morgan fingerprint density at radius 3 is 2.31 bits per heavy atom. The highest BCUT2D eigenvalue weighted by Gasteiger charge is 2.26. The van der Waals surface area contributed by atoms with E-state index in [-0.39, 0.29) is 15.8 Å². The van der Waals surface area contributed by atoms with Gasteiger partial charge in [-0.05, 0) is 80.3 Å². The van der Waals surface area contributed by atoms with E-state index in [4.69, 9.17) is 11.6 Å². The summed E-state index contributed by atoms with van der Waals surface area (Å²) in [4.78, 5) is 17.2. The smallest absolute Gasteiger partial charge is 0.263 e. The van der Waals surface area contributed by atoms with Gasteiger partial charge < -0.3 is 9.80 Å². The van der Waals surface area contributed by atoms with Gasteiger partial charge in [0.15, 0.2) is 0 Å². The van der Waals surface area contributed by atoms with Crippen LogP contribution in [0, 0.1) is 27.7 Å². The largest absolute Gasteiger partial charge is 0.368 e. The molecule has 1 heterocycles. The van der Waals surface area contributed by atoms with Crippen LogP contribution in [-0.2, 0) is 10.0 Å². The van der Waals surface area contributed by atoms with Gasteiger partial charge in [0.1, 0.15) is 4.90 Å². The number of piperazine rings is 1.